The molecule has 6 heteroatoms. The zero-order valence-corrected chi connectivity index (χ0v) is 13.7. The summed E-state index contributed by atoms with van der Waals surface area (Å²) in [6.45, 7) is 8.34. The number of hydrogen-bond donors (Lipinski definition) is 0. The fourth-order valence-corrected chi connectivity index (χ4v) is 3.04. The Labute approximate surface area is 136 Å². The van der Waals surface area contributed by atoms with Gasteiger partial charge in [0.1, 0.15) is 5.82 Å². The molecule has 0 unspecified atom stereocenters. The lowest BCUT2D eigenvalue weighted by molar-refractivity contribution is 0.182. The average Bonchev–Trinajstić information content (AvgIpc) is 2.84. The van der Waals surface area contributed by atoms with Gasteiger partial charge < -0.3 is 4.42 Å². The number of halogens is 1. The van der Waals surface area contributed by atoms with E-state index in [1.807, 2.05) is 19.1 Å². The fourth-order valence-electron chi connectivity index (χ4n) is 3.04. The van der Waals surface area contributed by atoms with Gasteiger partial charge in [-0.25, -0.2) is 4.39 Å². The van der Waals surface area contributed by atoms with Crippen LogP contribution in [-0.4, -0.2) is 46.2 Å². The van der Waals surface area contributed by atoms with Gasteiger partial charge in [-0.05, 0) is 26.0 Å². The molecule has 3 rings (SSSR count). The molecule has 5 nitrogen and oxygen atoms in total. The van der Waals surface area contributed by atoms with Gasteiger partial charge in [0, 0.05) is 38.7 Å². The van der Waals surface area contributed by atoms with Crippen LogP contribution in [0.5, 0.6) is 0 Å². The summed E-state index contributed by atoms with van der Waals surface area (Å²) < 4.78 is 19.4. The van der Waals surface area contributed by atoms with Gasteiger partial charge in [0.2, 0.25) is 11.8 Å². The third kappa shape index (κ3) is 3.95. The molecule has 0 aliphatic carbocycles. The molecule has 0 amide bonds. The summed E-state index contributed by atoms with van der Waals surface area (Å²) in [4.78, 5) is 4.67. The second-order valence-corrected chi connectivity index (χ2v) is 6.09. The maximum atomic E-state index is 13.8. The highest BCUT2D eigenvalue weighted by molar-refractivity contribution is 5.17. The van der Waals surface area contributed by atoms with Crippen molar-refractivity contribution in [1.29, 1.82) is 0 Å². The van der Waals surface area contributed by atoms with Crippen LogP contribution in [0.1, 0.15) is 36.7 Å². The molecule has 1 aromatic carbocycles. The van der Waals surface area contributed by atoms with Crippen LogP contribution in [0.4, 0.5) is 4.39 Å². The Kier molecular flexibility index (Phi) is 5.03. The second kappa shape index (κ2) is 7.19. The quantitative estimate of drug-likeness (QED) is 0.867. The molecule has 1 fully saturated rings. The summed E-state index contributed by atoms with van der Waals surface area (Å²) in [5, 5.41) is 8.04. The SMILES string of the molecule is Cc1nnc([C@@H](C)N2CCCN(Cc3ccccc3F)CC2)o1. The van der Waals surface area contributed by atoms with Crippen molar-refractivity contribution in [1.82, 2.24) is 20.0 Å². The molecule has 1 aliphatic rings. The maximum Gasteiger partial charge on any atom is 0.233 e. The van der Waals surface area contributed by atoms with Crippen molar-refractivity contribution in [2.45, 2.75) is 32.9 Å². The Morgan fingerprint density at radius 3 is 2.74 bits per heavy atom. The molecular formula is C17H23FN4O. The van der Waals surface area contributed by atoms with E-state index >= 15 is 0 Å². The fraction of sp³-hybridized carbons (Fsp3) is 0.529. The molecule has 0 saturated carbocycles. The number of aryl methyl sites for hydroxylation is 1. The Morgan fingerprint density at radius 1 is 1.17 bits per heavy atom. The number of benzene rings is 1. The van der Waals surface area contributed by atoms with Crippen molar-refractivity contribution in [3.05, 3.63) is 47.4 Å². The third-order valence-corrected chi connectivity index (χ3v) is 4.42. The number of hydrogen-bond acceptors (Lipinski definition) is 5. The first-order valence-corrected chi connectivity index (χ1v) is 8.13. The molecule has 1 aliphatic heterocycles. The van der Waals surface area contributed by atoms with Gasteiger partial charge in [0.15, 0.2) is 0 Å². The lowest BCUT2D eigenvalue weighted by Crippen LogP contribution is -2.32. The minimum atomic E-state index is -0.122. The summed E-state index contributed by atoms with van der Waals surface area (Å²) in [6, 6.07) is 7.13. The number of aromatic nitrogens is 2. The van der Waals surface area contributed by atoms with E-state index in [2.05, 4.69) is 26.9 Å². The zero-order chi connectivity index (χ0) is 16.2. The van der Waals surface area contributed by atoms with Gasteiger partial charge in [-0.15, -0.1) is 10.2 Å². The Morgan fingerprint density at radius 2 is 2.00 bits per heavy atom. The van der Waals surface area contributed by atoms with Crippen molar-refractivity contribution in [2.75, 3.05) is 26.2 Å². The Hall–Kier alpha value is -1.79. The highest BCUT2D eigenvalue weighted by Gasteiger charge is 2.24. The van der Waals surface area contributed by atoms with E-state index in [1.165, 1.54) is 6.07 Å². The van der Waals surface area contributed by atoms with Gasteiger partial charge in [0.25, 0.3) is 0 Å². The van der Waals surface area contributed by atoms with Crippen LogP contribution in [-0.2, 0) is 6.54 Å². The van der Waals surface area contributed by atoms with Crippen molar-refractivity contribution in [3.8, 4) is 0 Å². The van der Waals surface area contributed by atoms with E-state index in [9.17, 15) is 4.39 Å². The molecule has 0 spiro atoms. The largest absolute Gasteiger partial charge is 0.424 e. The molecule has 23 heavy (non-hydrogen) atoms. The molecule has 2 heterocycles. The summed E-state index contributed by atoms with van der Waals surface area (Å²) in [7, 11) is 0. The molecule has 0 N–H and O–H groups in total. The van der Waals surface area contributed by atoms with Crippen LogP contribution in [0.25, 0.3) is 0 Å². The van der Waals surface area contributed by atoms with Gasteiger partial charge in [0.05, 0.1) is 6.04 Å². The minimum absolute atomic E-state index is 0.115. The summed E-state index contributed by atoms with van der Waals surface area (Å²) >= 11 is 0. The molecule has 1 aromatic heterocycles. The highest BCUT2D eigenvalue weighted by atomic mass is 19.1. The van der Waals surface area contributed by atoms with Gasteiger partial charge in [-0.2, -0.15) is 0 Å². The number of nitrogens with zero attached hydrogens (tertiary/aromatic N) is 4. The summed E-state index contributed by atoms with van der Waals surface area (Å²) in [6.07, 6.45) is 1.05. The first kappa shape index (κ1) is 16.1. The van der Waals surface area contributed by atoms with E-state index in [4.69, 9.17) is 4.42 Å². The van der Waals surface area contributed by atoms with Crippen LogP contribution in [0.2, 0.25) is 0 Å². The summed E-state index contributed by atoms with van der Waals surface area (Å²) in [5.74, 6) is 1.15. The van der Waals surface area contributed by atoms with Crippen molar-refractivity contribution in [2.24, 2.45) is 0 Å². The van der Waals surface area contributed by atoms with Crippen molar-refractivity contribution >= 4 is 0 Å². The number of rotatable bonds is 4. The molecule has 0 radical (unpaired) electrons. The zero-order valence-electron chi connectivity index (χ0n) is 13.7. The predicted molar refractivity (Wildman–Crippen MR) is 85.3 cm³/mol. The van der Waals surface area contributed by atoms with Crippen molar-refractivity contribution < 1.29 is 8.81 Å². The molecule has 1 atom stereocenters. The van der Waals surface area contributed by atoms with Crippen molar-refractivity contribution in [3.63, 3.8) is 0 Å². The lowest BCUT2D eigenvalue weighted by Gasteiger charge is -2.25. The van der Waals surface area contributed by atoms with E-state index < -0.39 is 0 Å². The standard InChI is InChI=1S/C17H23FN4O/c1-13(17-20-19-14(2)23-17)22-9-5-8-21(10-11-22)12-15-6-3-4-7-16(15)18/h3-4,6-7,13H,5,8-12H2,1-2H3/t13-/m1/s1. The van der Waals surface area contributed by atoms with E-state index in [1.54, 1.807) is 6.07 Å². The second-order valence-electron chi connectivity index (χ2n) is 6.09. The molecule has 1 saturated heterocycles. The third-order valence-electron chi connectivity index (χ3n) is 4.42. The van der Waals surface area contributed by atoms with E-state index in [0.29, 0.717) is 18.3 Å². The molecule has 0 bridgehead atoms. The molecule has 2 aromatic rings. The van der Waals surface area contributed by atoms with E-state index in [-0.39, 0.29) is 11.9 Å². The minimum Gasteiger partial charge on any atom is -0.424 e. The average molecular weight is 318 g/mol. The Balaban J connectivity index is 1.60. The lowest BCUT2D eigenvalue weighted by atomic mass is 10.2. The van der Waals surface area contributed by atoms with E-state index in [0.717, 1.165) is 38.2 Å². The summed E-state index contributed by atoms with van der Waals surface area (Å²) in [5.41, 5.74) is 0.765. The van der Waals surface area contributed by atoms with Crippen LogP contribution < -0.4 is 0 Å². The van der Waals surface area contributed by atoms with Crippen LogP contribution in [0.15, 0.2) is 28.7 Å². The van der Waals surface area contributed by atoms with Crippen LogP contribution >= 0.6 is 0 Å². The molecule has 124 valence electrons. The predicted octanol–water partition coefficient (Wildman–Crippen LogP) is 2.79. The van der Waals surface area contributed by atoms with Crippen LogP contribution in [0.3, 0.4) is 0 Å². The first-order chi connectivity index (χ1) is 11.1. The Bertz CT molecular complexity index is 645. The normalized spacial score (nSPS) is 18.7. The van der Waals surface area contributed by atoms with Gasteiger partial charge in [-0.1, -0.05) is 18.2 Å². The van der Waals surface area contributed by atoms with Gasteiger partial charge >= 0.3 is 0 Å². The van der Waals surface area contributed by atoms with Gasteiger partial charge in [-0.3, -0.25) is 9.80 Å². The smallest absolute Gasteiger partial charge is 0.233 e. The first-order valence-electron chi connectivity index (χ1n) is 8.13. The van der Waals surface area contributed by atoms with Crippen LogP contribution in [0, 0.1) is 12.7 Å². The monoisotopic (exact) mass is 318 g/mol. The topological polar surface area (TPSA) is 45.4 Å². The maximum absolute atomic E-state index is 13.8. The molecular weight excluding hydrogens is 295 g/mol. The highest BCUT2D eigenvalue weighted by Crippen LogP contribution is 2.21.